The molecule has 11 heavy (non-hydrogen) atoms. The number of nitrogens with zero attached hydrogens (tertiary/aromatic N) is 1. The first-order chi connectivity index (χ1) is 5.09. The van der Waals surface area contributed by atoms with Gasteiger partial charge in [0.25, 0.3) is 0 Å². The maximum Gasteiger partial charge on any atom is 0.121 e. The van der Waals surface area contributed by atoms with Crippen LogP contribution < -0.4 is 0 Å². The van der Waals surface area contributed by atoms with Crippen LogP contribution in [0, 0.1) is 0 Å². The molecule has 0 unspecified atom stereocenters. The summed E-state index contributed by atoms with van der Waals surface area (Å²) in [5, 5.41) is 0. The lowest BCUT2D eigenvalue weighted by Crippen LogP contribution is -2.13. The summed E-state index contributed by atoms with van der Waals surface area (Å²) in [6.45, 7) is 0.137. The standard InChI is InChI=1S/C6H5Br2ClFN/c7-6(8)4-1-5(10)3-11(9)2-4/h1-2,6H,3H2. The van der Waals surface area contributed by atoms with Crippen molar-refractivity contribution in [2.24, 2.45) is 0 Å². The van der Waals surface area contributed by atoms with Crippen LogP contribution in [0.5, 0.6) is 0 Å². The zero-order valence-corrected chi connectivity index (χ0v) is 9.33. The highest BCUT2D eigenvalue weighted by Gasteiger charge is 2.13. The number of hydrogen-bond donors (Lipinski definition) is 0. The van der Waals surface area contributed by atoms with Crippen molar-refractivity contribution in [2.75, 3.05) is 6.54 Å². The molecule has 1 nitrogen and oxygen atoms in total. The van der Waals surface area contributed by atoms with E-state index < -0.39 is 0 Å². The summed E-state index contributed by atoms with van der Waals surface area (Å²) in [5.41, 5.74) is 0.767. The van der Waals surface area contributed by atoms with Crippen molar-refractivity contribution in [2.45, 2.75) is 3.74 Å². The van der Waals surface area contributed by atoms with Crippen LogP contribution in [0.25, 0.3) is 0 Å². The highest BCUT2D eigenvalue weighted by atomic mass is 79.9. The van der Waals surface area contributed by atoms with Crippen molar-refractivity contribution in [1.82, 2.24) is 4.42 Å². The first-order valence-electron chi connectivity index (χ1n) is 2.88. The molecule has 0 saturated carbocycles. The molecule has 0 N–H and O–H groups in total. The molecule has 0 aliphatic carbocycles. The second-order valence-corrected chi connectivity index (χ2v) is 5.57. The topological polar surface area (TPSA) is 3.24 Å². The Balaban J connectivity index is 2.78. The second-order valence-electron chi connectivity index (χ2n) is 2.08. The van der Waals surface area contributed by atoms with Crippen molar-refractivity contribution in [3.63, 3.8) is 0 Å². The van der Waals surface area contributed by atoms with E-state index in [2.05, 4.69) is 31.9 Å². The summed E-state index contributed by atoms with van der Waals surface area (Å²) in [7, 11) is 0. The maximum absolute atomic E-state index is 12.7. The Morgan fingerprint density at radius 2 is 2.27 bits per heavy atom. The van der Waals surface area contributed by atoms with E-state index in [9.17, 15) is 4.39 Å². The Labute approximate surface area is 86.3 Å². The molecule has 0 atom stereocenters. The predicted molar refractivity (Wildman–Crippen MR) is 51.5 cm³/mol. The number of halogens is 4. The zero-order chi connectivity index (χ0) is 8.43. The van der Waals surface area contributed by atoms with Gasteiger partial charge < -0.3 is 0 Å². The summed E-state index contributed by atoms with van der Waals surface area (Å²) in [6.07, 6.45) is 3.12. The van der Waals surface area contributed by atoms with Gasteiger partial charge in [-0.2, -0.15) is 0 Å². The van der Waals surface area contributed by atoms with Crippen LogP contribution in [-0.2, 0) is 0 Å². The molecular formula is C6H5Br2ClFN. The Kier molecular flexibility index (Phi) is 3.40. The summed E-state index contributed by atoms with van der Waals surface area (Å²) < 4.78 is 13.9. The van der Waals surface area contributed by atoms with E-state index in [4.69, 9.17) is 11.8 Å². The number of hydrogen-bond acceptors (Lipinski definition) is 1. The van der Waals surface area contributed by atoms with Gasteiger partial charge in [-0.3, -0.25) is 4.42 Å². The van der Waals surface area contributed by atoms with Gasteiger partial charge in [0.15, 0.2) is 0 Å². The predicted octanol–water partition coefficient (Wildman–Crippen LogP) is 3.31. The van der Waals surface area contributed by atoms with E-state index in [-0.39, 0.29) is 16.1 Å². The third-order valence-corrected chi connectivity index (χ3v) is 2.44. The summed E-state index contributed by atoms with van der Waals surface area (Å²) in [6, 6.07) is 0. The average Bonchev–Trinajstić information content (AvgIpc) is 1.85. The third-order valence-electron chi connectivity index (χ3n) is 1.17. The van der Waals surface area contributed by atoms with Gasteiger partial charge in [-0.05, 0) is 11.6 Å². The summed E-state index contributed by atoms with van der Waals surface area (Å²) in [4.78, 5) is 0. The van der Waals surface area contributed by atoms with E-state index in [0.717, 1.165) is 5.57 Å². The molecule has 0 radical (unpaired) electrons. The molecule has 0 aromatic heterocycles. The fourth-order valence-corrected chi connectivity index (χ4v) is 1.46. The van der Waals surface area contributed by atoms with Gasteiger partial charge in [0.1, 0.15) is 5.83 Å². The number of rotatable bonds is 1. The molecule has 0 bridgehead atoms. The van der Waals surface area contributed by atoms with Crippen molar-refractivity contribution in [1.29, 1.82) is 0 Å². The lowest BCUT2D eigenvalue weighted by molar-refractivity contribution is 0.514. The third kappa shape index (κ3) is 2.76. The van der Waals surface area contributed by atoms with Crippen LogP contribution in [-0.4, -0.2) is 14.7 Å². The molecular weight excluding hydrogens is 300 g/mol. The minimum absolute atomic E-state index is 0.0534. The maximum atomic E-state index is 12.7. The monoisotopic (exact) mass is 303 g/mol. The van der Waals surface area contributed by atoms with Gasteiger partial charge in [0.2, 0.25) is 0 Å². The highest BCUT2D eigenvalue weighted by molar-refractivity contribution is 9.24. The largest absolute Gasteiger partial charge is 0.285 e. The lowest BCUT2D eigenvalue weighted by Gasteiger charge is -2.17. The van der Waals surface area contributed by atoms with Crippen LogP contribution in [0.4, 0.5) is 4.39 Å². The molecule has 0 saturated heterocycles. The Bertz CT molecular complexity index is 215. The quantitative estimate of drug-likeness (QED) is 0.531. The highest BCUT2D eigenvalue weighted by Crippen LogP contribution is 2.26. The minimum Gasteiger partial charge on any atom is -0.285 e. The second kappa shape index (κ2) is 3.92. The Morgan fingerprint density at radius 3 is 2.73 bits per heavy atom. The van der Waals surface area contributed by atoms with Gasteiger partial charge in [-0.25, -0.2) is 4.39 Å². The van der Waals surface area contributed by atoms with Crippen molar-refractivity contribution < 1.29 is 4.39 Å². The summed E-state index contributed by atoms with van der Waals surface area (Å²) in [5.74, 6) is -0.235. The molecule has 0 aromatic rings. The van der Waals surface area contributed by atoms with E-state index in [0.29, 0.717) is 0 Å². The van der Waals surface area contributed by atoms with E-state index in [1.165, 1.54) is 10.5 Å². The van der Waals surface area contributed by atoms with E-state index in [1.807, 2.05) is 0 Å². The molecule has 5 heteroatoms. The number of alkyl halides is 2. The Morgan fingerprint density at radius 1 is 1.64 bits per heavy atom. The zero-order valence-electron chi connectivity index (χ0n) is 5.40. The van der Waals surface area contributed by atoms with Crippen molar-refractivity contribution in [3.8, 4) is 0 Å². The van der Waals surface area contributed by atoms with Crippen LogP contribution in [0.15, 0.2) is 23.7 Å². The SMILES string of the molecule is FC1=CC(C(Br)Br)=CN(Cl)C1. The van der Waals surface area contributed by atoms with Crippen LogP contribution >= 0.6 is 43.6 Å². The molecule has 0 amide bonds. The average molecular weight is 305 g/mol. The minimum atomic E-state index is -0.235. The molecule has 1 aliphatic rings. The van der Waals surface area contributed by atoms with Gasteiger partial charge >= 0.3 is 0 Å². The first kappa shape index (κ1) is 9.55. The van der Waals surface area contributed by atoms with Gasteiger partial charge in [-0.1, -0.05) is 31.9 Å². The molecule has 62 valence electrons. The molecule has 1 aliphatic heterocycles. The number of allylic oxidation sites excluding steroid dienone is 2. The fraction of sp³-hybridized carbons (Fsp3) is 0.333. The van der Waals surface area contributed by atoms with Gasteiger partial charge in [0.05, 0.1) is 10.3 Å². The smallest absolute Gasteiger partial charge is 0.121 e. The summed E-state index contributed by atoms with van der Waals surface area (Å²) >= 11 is 12.1. The molecule has 0 spiro atoms. The molecule has 1 rings (SSSR count). The van der Waals surface area contributed by atoms with Crippen molar-refractivity contribution in [3.05, 3.63) is 23.7 Å². The Hall–Kier alpha value is 0.460. The van der Waals surface area contributed by atoms with Crippen molar-refractivity contribution >= 4 is 43.6 Å². The van der Waals surface area contributed by atoms with E-state index >= 15 is 0 Å². The first-order valence-corrected chi connectivity index (χ1v) is 5.05. The molecule has 1 heterocycles. The molecule has 0 fully saturated rings. The lowest BCUT2D eigenvalue weighted by atomic mass is 10.2. The van der Waals surface area contributed by atoms with E-state index in [1.54, 1.807) is 6.20 Å². The van der Waals surface area contributed by atoms with Gasteiger partial charge in [-0.15, -0.1) is 0 Å². The normalized spacial score (nSPS) is 18.5. The fourth-order valence-electron chi connectivity index (χ4n) is 0.735. The van der Waals surface area contributed by atoms with Crippen LogP contribution in [0.2, 0.25) is 0 Å². The molecule has 0 aromatic carbocycles. The van der Waals surface area contributed by atoms with Gasteiger partial charge in [0, 0.05) is 18.0 Å². The van der Waals surface area contributed by atoms with Crippen LogP contribution in [0.3, 0.4) is 0 Å². The van der Waals surface area contributed by atoms with Crippen LogP contribution in [0.1, 0.15) is 0 Å².